The lowest BCUT2D eigenvalue weighted by Crippen LogP contribution is -2.14. The molecule has 0 saturated carbocycles. The highest BCUT2D eigenvalue weighted by Gasteiger charge is 2.13. The van der Waals surface area contributed by atoms with Crippen molar-refractivity contribution in [3.05, 3.63) is 52.3 Å². The van der Waals surface area contributed by atoms with Crippen molar-refractivity contribution >= 4 is 15.9 Å². The third-order valence-corrected chi connectivity index (χ3v) is 3.77. The molecule has 0 amide bonds. The second-order valence-electron chi connectivity index (χ2n) is 4.46. The standard InChI is InChI=1S/C16H19BrN2O2/c1-3-21-16-13(14(17)6-7-15(16)20-2)11-19-10-12-5-4-8-18-9-12/h4-9,19H,3,10-11H2,1-2H3. The minimum atomic E-state index is 0.600. The summed E-state index contributed by atoms with van der Waals surface area (Å²) in [5.41, 5.74) is 2.20. The number of pyridine rings is 1. The van der Waals surface area contributed by atoms with E-state index in [1.54, 1.807) is 13.3 Å². The van der Waals surface area contributed by atoms with Gasteiger partial charge in [0.25, 0.3) is 0 Å². The van der Waals surface area contributed by atoms with E-state index in [1.165, 1.54) is 0 Å². The van der Waals surface area contributed by atoms with Crippen molar-refractivity contribution in [1.82, 2.24) is 10.3 Å². The highest BCUT2D eigenvalue weighted by Crippen LogP contribution is 2.36. The second kappa shape index (κ2) is 8.00. The number of hydrogen-bond acceptors (Lipinski definition) is 4. The Morgan fingerprint density at radius 1 is 1.24 bits per heavy atom. The molecule has 1 heterocycles. The molecule has 0 atom stereocenters. The van der Waals surface area contributed by atoms with Crippen molar-refractivity contribution in [3.8, 4) is 11.5 Å². The number of ether oxygens (including phenoxy) is 2. The maximum atomic E-state index is 5.74. The van der Waals surface area contributed by atoms with Gasteiger partial charge in [-0.15, -0.1) is 0 Å². The minimum absolute atomic E-state index is 0.600. The molecule has 112 valence electrons. The third-order valence-electron chi connectivity index (χ3n) is 3.03. The van der Waals surface area contributed by atoms with E-state index >= 15 is 0 Å². The Balaban J connectivity index is 2.11. The number of nitrogens with one attached hydrogen (secondary N) is 1. The number of benzene rings is 1. The topological polar surface area (TPSA) is 43.4 Å². The van der Waals surface area contributed by atoms with Gasteiger partial charge in [-0.05, 0) is 30.7 Å². The smallest absolute Gasteiger partial charge is 0.166 e. The SMILES string of the molecule is CCOc1c(OC)ccc(Br)c1CNCc1cccnc1. The molecule has 0 aliphatic rings. The van der Waals surface area contributed by atoms with Crippen LogP contribution < -0.4 is 14.8 Å². The van der Waals surface area contributed by atoms with Gasteiger partial charge >= 0.3 is 0 Å². The summed E-state index contributed by atoms with van der Waals surface area (Å²) in [5.74, 6) is 1.53. The first kappa shape index (κ1) is 15.8. The van der Waals surface area contributed by atoms with Gasteiger partial charge < -0.3 is 14.8 Å². The minimum Gasteiger partial charge on any atom is -0.493 e. The molecule has 0 fully saturated rings. The second-order valence-corrected chi connectivity index (χ2v) is 5.31. The Morgan fingerprint density at radius 3 is 2.76 bits per heavy atom. The molecule has 0 radical (unpaired) electrons. The quantitative estimate of drug-likeness (QED) is 0.829. The lowest BCUT2D eigenvalue weighted by Gasteiger charge is -2.16. The molecule has 0 saturated heterocycles. The monoisotopic (exact) mass is 350 g/mol. The van der Waals surface area contributed by atoms with Crippen molar-refractivity contribution in [3.63, 3.8) is 0 Å². The van der Waals surface area contributed by atoms with Gasteiger partial charge in [0, 0.05) is 35.5 Å². The van der Waals surface area contributed by atoms with E-state index in [2.05, 4.69) is 26.2 Å². The number of nitrogens with zero attached hydrogens (tertiary/aromatic N) is 1. The highest BCUT2D eigenvalue weighted by molar-refractivity contribution is 9.10. The lowest BCUT2D eigenvalue weighted by atomic mass is 10.1. The number of hydrogen-bond donors (Lipinski definition) is 1. The van der Waals surface area contributed by atoms with E-state index < -0.39 is 0 Å². The zero-order valence-corrected chi connectivity index (χ0v) is 13.8. The molecule has 0 spiro atoms. The van der Waals surface area contributed by atoms with Gasteiger partial charge in [-0.2, -0.15) is 0 Å². The summed E-state index contributed by atoms with van der Waals surface area (Å²) in [7, 11) is 1.65. The lowest BCUT2D eigenvalue weighted by molar-refractivity contribution is 0.306. The molecule has 1 aromatic carbocycles. The normalized spacial score (nSPS) is 10.4. The fourth-order valence-electron chi connectivity index (χ4n) is 2.04. The van der Waals surface area contributed by atoms with Crippen molar-refractivity contribution in [2.75, 3.05) is 13.7 Å². The van der Waals surface area contributed by atoms with Gasteiger partial charge in [-0.25, -0.2) is 0 Å². The number of rotatable bonds is 7. The van der Waals surface area contributed by atoms with Gasteiger partial charge in [0.15, 0.2) is 11.5 Å². The molecule has 2 rings (SSSR count). The Labute approximate surface area is 133 Å². The first-order chi connectivity index (χ1) is 10.3. The van der Waals surface area contributed by atoms with Crippen LogP contribution in [0.15, 0.2) is 41.1 Å². The first-order valence-electron chi connectivity index (χ1n) is 6.84. The van der Waals surface area contributed by atoms with E-state index in [-0.39, 0.29) is 0 Å². The summed E-state index contributed by atoms with van der Waals surface area (Å²) in [5, 5.41) is 3.40. The number of halogens is 1. The maximum Gasteiger partial charge on any atom is 0.166 e. The van der Waals surface area contributed by atoms with Crippen LogP contribution in [0.4, 0.5) is 0 Å². The Hall–Kier alpha value is -1.59. The molecule has 0 aliphatic heterocycles. The highest BCUT2D eigenvalue weighted by atomic mass is 79.9. The fraction of sp³-hybridized carbons (Fsp3) is 0.312. The largest absolute Gasteiger partial charge is 0.493 e. The maximum absolute atomic E-state index is 5.74. The van der Waals surface area contributed by atoms with E-state index in [0.717, 1.165) is 33.6 Å². The predicted molar refractivity (Wildman–Crippen MR) is 86.6 cm³/mol. The van der Waals surface area contributed by atoms with Crippen molar-refractivity contribution in [2.45, 2.75) is 20.0 Å². The summed E-state index contributed by atoms with van der Waals surface area (Å²) in [4.78, 5) is 4.11. The van der Waals surface area contributed by atoms with Crippen LogP contribution in [0.25, 0.3) is 0 Å². The predicted octanol–water partition coefficient (Wildman–Crippen LogP) is 3.54. The molecule has 0 bridgehead atoms. The average Bonchev–Trinajstić information content (AvgIpc) is 2.51. The molecule has 0 aliphatic carbocycles. The molecular formula is C16H19BrN2O2. The number of methoxy groups -OCH3 is 1. The number of aromatic nitrogens is 1. The van der Waals surface area contributed by atoms with Crippen LogP contribution in [0.5, 0.6) is 11.5 Å². The Bertz CT molecular complexity index is 576. The fourth-order valence-corrected chi connectivity index (χ4v) is 2.50. The molecule has 0 unspecified atom stereocenters. The van der Waals surface area contributed by atoms with Crippen LogP contribution in [0, 0.1) is 0 Å². The van der Waals surface area contributed by atoms with Crippen LogP contribution in [-0.2, 0) is 13.1 Å². The van der Waals surface area contributed by atoms with Gasteiger partial charge in [-0.3, -0.25) is 4.98 Å². The Morgan fingerprint density at radius 2 is 2.10 bits per heavy atom. The summed E-state index contributed by atoms with van der Waals surface area (Å²) in [6.45, 7) is 4.00. The average molecular weight is 351 g/mol. The molecule has 4 nitrogen and oxygen atoms in total. The molecule has 1 N–H and O–H groups in total. The van der Waals surface area contributed by atoms with Gasteiger partial charge in [-0.1, -0.05) is 22.0 Å². The van der Waals surface area contributed by atoms with Crippen LogP contribution in [0.3, 0.4) is 0 Å². The van der Waals surface area contributed by atoms with Crippen LogP contribution in [0.1, 0.15) is 18.1 Å². The van der Waals surface area contributed by atoms with Crippen LogP contribution >= 0.6 is 15.9 Å². The van der Waals surface area contributed by atoms with Gasteiger partial charge in [0.1, 0.15) is 0 Å². The molecule has 21 heavy (non-hydrogen) atoms. The van der Waals surface area contributed by atoms with Crippen molar-refractivity contribution in [1.29, 1.82) is 0 Å². The van der Waals surface area contributed by atoms with Gasteiger partial charge in [0.2, 0.25) is 0 Å². The zero-order valence-electron chi connectivity index (χ0n) is 12.2. The molecule has 5 heteroatoms. The zero-order chi connectivity index (χ0) is 15.1. The van der Waals surface area contributed by atoms with Crippen LogP contribution in [0.2, 0.25) is 0 Å². The van der Waals surface area contributed by atoms with E-state index in [4.69, 9.17) is 9.47 Å². The summed E-state index contributed by atoms with van der Waals surface area (Å²) < 4.78 is 12.1. The Kier molecular flexibility index (Phi) is 6.02. The molecular weight excluding hydrogens is 332 g/mol. The first-order valence-corrected chi connectivity index (χ1v) is 7.63. The molecule has 1 aromatic heterocycles. The third kappa shape index (κ3) is 4.19. The summed E-state index contributed by atoms with van der Waals surface area (Å²) in [6.07, 6.45) is 3.63. The van der Waals surface area contributed by atoms with Crippen molar-refractivity contribution in [2.24, 2.45) is 0 Å². The van der Waals surface area contributed by atoms with Crippen LogP contribution in [-0.4, -0.2) is 18.7 Å². The van der Waals surface area contributed by atoms with Crippen molar-refractivity contribution < 1.29 is 9.47 Å². The summed E-state index contributed by atoms with van der Waals surface area (Å²) >= 11 is 3.58. The van der Waals surface area contributed by atoms with E-state index in [1.807, 2.05) is 37.4 Å². The summed E-state index contributed by atoms with van der Waals surface area (Å²) in [6, 6.07) is 7.86. The van der Waals surface area contributed by atoms with Gasteiger partial charge in [0.05, 0.1) is 13.7 Å². The molecule has 2 aromatic rings. The van der Waals surface area contributed by atoms with E-state index in [9.17, 15) is 0 Å². The van der Waals surface area contributed by atoms with E-state index in [0.29, 0.717) is 13.2 Å².